The second kappa shape index (κ2) is 9.72. The van der Waals surface area contributed by atoms with Crippen LogP contribution in [0.15, 0.2) is 67.0 Å². The van der Waals surface area contributed by atoms with Crippen LogP contribution in [0.1, 0.15) is 35.7 Å². The lowest BCUT2D eigenvalue weighted by Crippen LogP contribution is -2.40. The second-order valence-corrected chi connectivity index (χ2v) is 8.10. The highest BCUT2D eigenvalue weighted by Crippen LogP contribution is 2.20. The highest BCUT2D eigenvalue weighted by atomic mass is 16.1. The van der Waals surface area contributed by atoms with E-state index >= 15 is 0 Å². The minimum absolute atomic E-state index is 0.0101. The Labute approximate surface area is 178 Å². The Morgan fingerprint density at radius 2 is 1.87 bits per heavy atom. The van der Waals surface area contributed by atoms with Crippen molar-refractivity contribution < 1.29 is 4.79 Å². The first kappa shape index (κ1) is 20.4. The fourth-order valence-corrected chi connectivity index (χ4v) is 4.16. The molecule has 3 aromatic rings. The summed E-state index contributed by atoms with van der Waals surface area (Å²) in [5.74, 6) is 0.503. The highest BCUT2D eigenvalue weighted by Gasteiger charge is 2.21. The van der Waals surface area contributed by atoms with Gasteiger partial charge in [0.2, 0.25) is 0 Å². The largest absolute Gasteiger partial charge is 0.352 e. The molecule has 5 nitrogen and oxygen atoms in total. The summed E-state index contributed by atoms with van der Waals surface area (Å²) in [4.78, 5) is 15.1. The van der Waals surface area contributed by atoms with E-state index in [0.717, 1.165) is 50.3 Å². The molecule has 1 amide bonds. The van der Waals surface area contributed by atoms with Gasteiger partial charge in [-0.2, -0.15) is 5.10 Å². The van der Waals surface area contributed by atoms with Crippen LogP contribution in [0.2, 0.25) is 0 Å². The Morgan fingerprint density at radius 3 is 2.60 bits per heavy atom. The average molecular weight is 403 g/mol. The van der Waals surface area contributed by atoms with Gasteiger partial charge in [-0.3, -0.25) is 14.4 Å². The van der Waals surface area contributed by atoms with E-state index in [9.17, 15) is 4.79 Å². The van der Waals surface area contributed by atoms with Gasteiger partial charge in [-0.1, -0.05) is 42.5 Å². The molecule has 0 radical (unpaired) electrons. The van der Waals surface area contributed by atoms with Crippen molar-refractivity contribution in [3.05, 3.63) is 78.1 Å². The molecule has 0 unspecified atom stereocenters. The van der Waals surface area contributed by atoms with Crippen LogP contribution in [-0.2, 0) is 13.1 Å². The van der Waals surface area contributed by atoms with Crippen LogP contribution in [0.3, 0.4) is 0 Å². The van der Waals surface area contributed by atoms with Crippen LogP contribution in [0.4, 0.5) is 0 Å². The van der Waals surface area contributed by atoms with Crippen molar-refractivity contribution in [1.82, 2.24) is 20.0 Å². The van der Waals surface area contributed by atoms with Crippen molar-refractivity contribution in [2.75, 3.05) is 19.6 Å². The number of benzene rings is 2. The molecule has 0 aliphatic carbocycles. The van der Waals surface area contributed by atoms with Crippen LogP contribution in [-0.4, -0.2) is 40.2 Å². The molecule has 0 saturated carbocycles. The van der Waals surface area contributed by atoms with Crippen LogP contribution in [0, 0.1) is 5.92 Å². The summed E-state index contributed by atoms with van der Waals surface area (Å²) in [5.41, 5.74) is 4.27. The first-order valence-electron chi connectivity index (χ1n) is 10.9. The molecular weight excluding hydrogens is 372 g/mol. The van der Waals surface area contributed by atoms with Gasteiger partial charge in [0.1, 0.15) is 0 Å². The lowest BCUT2D eigenvalue weighted by Gasteiger charge is -2.32. The zero-order valence-electron chi connectivity index (χ0n) is 17.6. The number of hydrogen-bond acceptors (Lipinski definition) is 3. The lowest BCUT2D eigenvalue weighted by atomic mass is 9.97. The third-order valence-electron chi connectivity index (χ3n) is 5.83. The molecule has 1 aliphatic heterocycles. The van der Waals surface area contributed by atoms with Gasteiger partial charge < -0.3 is 5.32 Å². The van der Waals surface area contributed by atoms with Crippen LogP contribution >= 0.6 is 0 Å². The Morgan fingerprint density at radius 1 is 1.10 bits per heavy atom. The van der Waals surface area contributed by atoms with Crippen molar-refractivity contribution in [3.63, 3.8) is 0 Å². The fraction of sp³-hybridized carbons (Fsp3) is 0.360. The number of hydrogen-bond donors (Lipinski definition) is 1. The van der Waals surface area contributed by atoms with E-state index in [0.29, 0.717) is 11.5 Å². The topological polar surface area (TPSA) is 50.2 Å². The maximum atomic E-state index is 12.6. The van der Waals surface area contributed by atoms with Gasteiger partial charge in [-0.15, -0.1) is 0 Å². The predicted molar refractivity (Wildman–Crippen MR) is 120 cm³/mol. The zero-order chi connectivity index (χ0) is 20.8. The van der Waals surface area contributed by atoms with Crippen molar-refractivity contribution >= 4 is 5.91 Å². The van der Waals surface area contributed by atoms with E-state index in [-0.39, 0.29) is 5.91 Å². The number of piperidine rings is 1. The Bertz CT molecular complexity index is 949. The summed E-state index contributed by atoms with van der Waals surface area (Å²) < 4.78 is 1.97. The molecule has 5 heteroatoms. The number of nitrogens with one attached hydrogen (secondary N) is 1. The Kier molecular flexibility index (Phi) is 6.60. The fourth-order valence-electron chi connectivity index (χ4n) is 4.16. The third-order valence-corrected chi connectivity index (χ3v) is 5.83. The van der Waals surface area contributed by atoms with Crippen LogP contribution < -0.4 is 5.32 Å². The van der Waals surface area contributed by atoms with E-state index in [4.69, 9.17) is 0 Å². The first-order chi connectivity index (χ1) is 14.7. The Hall–Kier alpha value is -2.92. The molecule has 1 aromatic heterocycles. The highest BCUT2D eigenvalue weighted by molar-refractivity contribution is 5.94. The number of carbonyl (C=O) groups excluding carboxylic acids is 1. The third kappa shape index (κ3) is 5.16. The molecule has 1 fully saturated rings. The average Bonchev–Trinajstić information content (AvgIpc) is 3.26. The molecule has 1 aliphatic rings. The van der Waals surface area contributed by atoms with Crippen molar-refractivity contribution in [1.29, 1.82) is 0 Å². The van der Waals surface area contributed by atoms with E-state index in [2.05, 4.69) is 40.6 Å². The molecule has 4 rings (SSSR count). The SMILES string of the molecule is CCn1cc(CN2CCC[C@H](CNC(=O)c3ccc(-c4ccccc4)cc3)C2)cn1. The molecule has 1 N–H and O–H groups in total. The number of carbonyl (C=O) groups is 1. The maximum absolute atomic E-state index is 12.6. The van der Waals surface area contributed by atoms with E-state index in [1.807, 2.05) is 53.3 Å². The molecule has 30 heavy (non-hydrogen) atoms. The molecule has 2 aromatic carbocycles. The number of nitrogens with zero attached hydrogens (tertiary/aromatic N) is 3. The summed E-state index contributed by atoms with van der Waals surface area (Å²) in [6.45, 7) is 6.80. The summed E-state index contributed by atoms with van der Waals surface area (Å²) in [7, 11) is 0. The number of rotatable bonds is 7. The van der Waals surface area contributed by atoms with Crippen molar-refractivity contribution in [3.8, 4) is 11.1 Å². The number of amides is 1. The van der Waals surface area contributed by atoms with Gasteiger partial charge in [0.05, 0.1) is 6.20 Å². The van der Waals surface area contributed by atoms with E-state index < -0.39 is 0 Å². The second-order valence-electron chi connectivity index (χ2n) is 8.10. The van der Waals surface area contributed by atoms with Gasteiger partial charge >= 0.3 is 0 Å². The van der Waals surface area contributed by atoms with Crippen molar-refractivity contribution in [2.45, 2.75) is 32.9 Å². The zero-order valence-corrected chi connectivity index (χ0v) is 17.6. The molecule has 1 atom stereocenters. The quantitative estimate of drug-likeness (QED) is 0.644. The normalized spacial score (nSPS) is 17.0. The standard InChI is InChI=1S/C25H30N4O/c1-2-29-19-21(16-27-29)18-28-14-6-7-20(17-28)15-26-25(30)24-12-10-23(11-13-24)22-8-4-3-5-9-22/h3-5,8-13,16,19-20H,2,6-7,14-15,17-18H2,1H3,(H,26,30)/t20-/m1/s1. The molecule has 0 bridgehead atoms. The summed E-state index contributed by atoms with van der Waals surface area (Å²) >= 11 is 0. The molecular formula is C25H30N4O. The molecule has 156 valence electrons. The summed E-state index contributed by atoms with van der Waals surface area (Å²) in [5, 5.41) is 7.51. The Balaban J connectivity index is 1.28. The molecule has 0 spiro atoms. The van der Waals surface area contributed by atoms with Crippen LogP contribution in [0.5, 0.6) is 0 Å². The number of aromatic nitrogens is 2. The van der Waals surface area contributed by atoms with Gasteiger partial charge in [-0.05, 0) is 55.5 Å². The van der Waals surface area contributed by atoms with Gasteiger partial charge in [-0.25, -0.2) is 0 Å². The van der Waals surface area contributed by atoms with Crippen molar-refractivity contribution in [2.24, 2.45) is 5.92 Å². The smallest absolute Gasteiger partial charge is 0.251 e. The first-order valence-corrected chi connectivity index (χ1v) is 10.9. The molecule has 2 heterocycles. The lowest BCUT2D eigenvalue weighted by molar-refractivity contribution is 0.0930. The summed E-state index contributed by atoms with van der Waals surface area (Å²) in [6, 6.07) is 18.1. The number of likely N-dealkylation sites (tertiary alicyclic amines) is 1. The predicted octanol–water partition coefficient (Wildman–Crippen LogP) is 4.21. The van der Waals surface area contributed by atoms with E-state index in [1.54, 1.807) is 0 Å². The maximum Gasteiger partial charge on any atom is 0.251 e. The van der Waals surface area contributed by atoms with Crippen LogP contribution in [0.25, 0.3) is 11.1 Å². The monoisotopic (exact) mass is 402 g/mol. The van der Waals surface area contributed by atoms with E-state index in [1.165, 1.54) is 12.0 Å². The number of aryl methyl sites for hydroxylation is 1. The minimum atomic E-state index is 0.0101. The summed E-state index contributed by atoms with van der Waals surface area (Å²) in [6.07, 6.45) is 6.44. The van der Waals surface area contributed by atoms with Gasteiger partial charge in [0, 0.05) is 43.5 Å². The van der Waals surface area contributed by atoms with Gasteiger partial charge in [0.25, 0.3) is 5.91 Å². The minimum Gasteiger partial charge on any atom is -0.352 e. The molecule has 1 saturated heterocycles. The van der Waals surface area contributed by atoms with Gasteiger partial charge in [0.15, 0.2) is 0 Å².